The lowest BCUT2D eigenvalue weighted by molar-refractivity contribution is -0.121. The second-order valence-electron chi connectivity index (χ2n) is 7.59. The molecule has 3 aliphatic heterocycles. The number of hydrogen-bond acceptors (Lipinski definition) is 6. The Morgan fingerprint density at radius 1 is 1.19 bits per heavy atom. The molecule has 3 aliphatic rings. The number of benzene rings is 1. The fourth-order valence-electron chi connectivity index (χ4n) is 4.66. The van der Waals surface area contributed by atoms with Crippen LogP contribution in [0.5, 0.6) is 11.5 Å². The number of rotatable bonds is 4. The van der Waals surface area contributed by atoms with Crippen molar-refractivity contribution in [3.8, 4) is 11.5 Å². The van der Waals surface area contributed by atoms with Crippen molar-refractivity contribution in [2.24, 2.45) is 0 Å². The Balaban J connectivity index is 1.25. The van der Waals surface area contributed by atoms with Crippen molar-refractivity contribution < 1.29 is 23.8 Å². The summed E-state index contributed by atoms with van der Waals surface area (Å²) in [6.07, 6.45) is 4.76. The van der Waals surface area contributed by atoms with E-state index in [9.17, 15) is 9.90 Å². The molecule has 2 saturated heterocycles. The second-order valence-corrected chi connectivity index (χ2v) is 7.59. The number of furan rings is 1. The predicted molar refractivity (Wildman–Crippen MR) is 96.5 cm³/mol. The molecular formula is C20H22N2O5. The average Bonchev–Trinajstić information content (AvgIpc) is 3.37. The quantitative estimate of drug-likeness (QED) is 0.860. The number of fused-ring (bicyclic) bond motifs is 3. The first-order valence-electron chi connectivity index (χ1n) is 9.32. The minimum absolute atomic E-state index is 0.0609. The van der Waals surface area contributed by atoms with Crippen LogP contribution in [-0.4, -0.2) is 41.3 Å². The molecule has 4 heterocycles. The van der Waals surface area contributed by atoms with Crippen molar-refractivity contribution in [2.75, 3.05) is 18.7 Å². The van der Waals surface area contributed by atoms with Crippen molar-refractivity contribution in [3.63, 3.8) is 0 Å². The van der Waals surface area contributed by atoms with Gasteiger partial charge in [-0.1, -0.05) is 0 Å². The van der Waals surface area contributed by atoms with E-state index in [4.69, 9.17) is 13.9 Å². The van der Waals surface area contributed by atoms with E-state index in [-0.39, 0.29) is 24.8 Å². The van der Waals surface area contributed by atoms with Crippen molar-refractivity contribution in [3.05, 3.63) is 42.4 Å². The molecule has 2 N–H and O–H groups in total. The van der Waals surface area contributed by atoms with Crippen LogP contribution >= 0.6 is 0 Å². The van der Waals surface area contributed by atoms with Crippen LogP contribution in [0.2, 0.25) is 0 Å². The van der Waals surface area contributed by atoms with Crippen LogP contribution in [0.4, 0.5) is 5.69 Å². The highest BCUT2D eigenvalue weighted by atomic mass is 16.7. The van der Waals surface area contributed by atoms with E-state index in [1.54, 1.807) is 24.5 Å². The van der Waals surface area contributed by atoms with Gasteiger partial charge in [0.25, 0.3) is 0 Å². The molecular weight excluding hydrogens is 348 g/mol. The number of anilines is 1. The van der Waals surface area contributed by atoms with E-state index in [2.05, 4.69) is 10.2 Å². The zero-order valence-electron chi connectivity index (χ0n) is 14.9. The molecule has 2 atom stereocenters. The van der Waals surface area contributed by atoms with E-state index in [1.165, 1.54) is 0 Å². The van der Waals surface area contributed by atoms with Gasteiger partial charge in [0.05, 0.1) is 12.8 Å². The number of aliphatic hydroxyl groups is 1. The average molecular weight is 370 g/mol. The van der Waals surface area contributed by atoms with Gasteiger partial charge in [-0.3, -0.25) is 9.69 Å². The van der Waals surface area contributed by atoms with Crippen molar-refractivity contribution in [1.82, 2.24) is 4.90 Å². The maximum atomic E-state index is 12.6. The fourth-order valence-corrected chi connectivity index (χ4v) is 4.66. The maximum Gasteiger partial charge on any atom is 0.238 e. The maximum absolute atomic E-state index is 12.6. The summed E-state index contributed by atoms with van der Waals surface area (Å²) in [6, 6.07) is 9.39. The Morgan fingerprint density at radius 2 is 1.96 bits per heavy atom. The normalized spacial score (nSPS) is 29.1. The van der Waals surface area contributed by atoms with Gasteiger partial charge < -0.3 is 24.3 Å². The Kier molecular flexibility index (Phi) is 3.87. The SMILES string of the molecule is O=C(CN1[C@H]2CC[C@H]1CC(O)(c1ccco1)C2)Nc1ccc2c(c1)OCO2. The second kappa shape index (κ2) is 6.28. The summed E-state index contributed by atoms with van der Waals surface area (Å²) < 4.78 is 16.1. The van der Waals surface area contributed by atoms with E-state index < -0.39 is 5.60 Å². The molecule has 2 aromatic rings. The van der Waals surface area contributed by atoms with Gasteiger partial charge in [-0.15, -0.1) is 0 Å². The monoisotopic (exact) mass is 370 g/mol. The first-order valence-corrected chi connectivity index (χ1v) is 9.32. The predicted octanol–water partition coefficient (Wildman–Crippen LogP) is 2.46. The molecule has 0 unspecified atom stereocenters. The summed E-state index contributed by atoms with van der Waals surface area (Å²) in [4.78, 5) is 14.8. The number of ether oxygens (including phenoxy) is 2. The van der Waals surface area contributed by atoms with Gasteiger partial charge in [0, 0.05) is 23.8 Å². The first-order chi connectivity index (χ1) is 13.1. The summed E-state index contributed by atoms with van der Waals surface area (Å²) in [5.41, 5.74) is -0.236. The number of amides is 1. The lowest BCUT2D eigenvalue weighted by Gasteiger charge is -2.42. The third-order valence-electron chi connectivity index (χ3n) is 5.88. The molecule has 0 spiro atoms. The third kappa shape index (κ3) is 2.96. The van der Waals surface area contributed by atoms with Gasteiger partial charge in [0.15, 0.2) is 11.5 Å². The van der Waals surface area contributed by atoms with Gasteiger partial charge in [-0.2, -0.15) is 0 Å². The summed E-state index contributed by atoms with van der Waals surface area (Å²) in [7, 11) is 0. The molecule has 2 bridgehead atoms. The van der Waals surface area contributed by atoms with Crippen LogP contribution < -0.4 is 14.8 Å². The molecule has 7 heteroatoms. The fraction of sp³-hybridized carbons (Fsp3) is 0.450. The van der Waals surface area contributed by atoms with E-state index in [0.29, 0.717) is 42.3 Å². The molecule has 1 amide bonds. The number of carbonyl (C=O) groups is 1. The Labute approximate surface area is 156 Å². The summed E-state index contributed by atoms with van der Waals surface area (Å²) in [5.74, 6) is 1.91. The molecule has 1 aromatic heterocycles. The zero-order valence-corrected chi connectivity index (χ0v) is 14.9. The smallest absolute Gasteiger partial charge is 0.238 e. The van der Waals surface area contributed by atoms with Crippen LogP contribution in [0.3, 0.4) is 0 Å². The van der Waals surface area contributed by atoms with Crippen molar-refractivity contribution >= 4 is 11.6 Å². The molecule has 0 aliphatic carbocycles. The first kappa shape index (κ1) is 16.6. The zero-order chi connectivity index (χ0) is 18.4. The molecule has 0 radical (unpaired) electrons. The molecule has 7 nitrogen and oxygen atoms in total. The Hall–Kier alpha value is -2.51. The van der Waals surface area contributed by atoms with Crippen molar-refractivity contribution in [2.45, 2.75) is 43.4 Å². The standard InChI is InChI=1S/C20H22N2O5/c23-19(21-13-3-6-16-17(8-13)27-12-26-16)11-22-14-4-5-15(22)10-20(24,9-14)18-2-1-7-25-18/h1-3,6-8,14-15,24H,4-5,9-12H2,(H,21,23)/t14-,15-/m0/s1. The summed E-state index contributed by atoms with van der Waals surface area (Å²) in [5, 5.41) is 14.0. The molecule has 142 valence electrons. The Morgan fingerprint density at radius 3 is 2.70 bits per heavy atom. The van der Waals surface area contributed by atoms with Crippen molar-refractivity contribution in [1.29, 1.82) is 0 Å². The number of carbonyl (C=O) groups excluding carboxylic acids is 1. The number of hydrogen-bond donors (Lipinski definition) is 2. The van der Waals surface area contributed by atoms with Crippen LogP contribution in [0.25, 0.3) is 0 Å². The van der Waals surface area contributed by atoms with Gasteiger partial charge in [0.1, 0.15) is 11.4 Å². The number of piperidine rings is 1. The van der Waals surface area contributed by atoms with Crippen LogP contribution in [0.15, 0.2) is 41.0 Å². The van der Waals surface area contributed by atoms with E-state index >= 15 is 0 Å². The van der Waals surface area contributed by atoms with E-state index in [0.717, 1.165) is 12.8 Å². The molecule has 0 saturated carbocycles. The van der Waals surface area contributed by atoms with Crippen LogP contribution in [0, 0.1) is 0 Å². The van der Waals surface area contributed by atoms with Gasteiger partial charge in [0.2, 0.25) is 12.7 Å². The largest absolute Gasteiger partial charge is 0.466 e. The lowest BCUT2D eigenvalue weighted by atomic mass is 9.84. The highest BCUT2D eigenvalue weighted by molar-refractivity contribution is 5.92. The summed E-state index contributed by atoms with van der Waals surface area (Å²) >= 11 is 0. The van der Waals surface area contributed by atoms with E-state index in [1.807, 2.05) is 12.1 Å². The van der Waals surface area contributed by atoms with Crippen LogP contribution in [-0.2, 0) is 10.4 Å². The van der Waals surface area contributed by atoms with Crippen LogP contribution in [0.1, 0.15) is 31.4 Å². The molecule has 1 aromatic carbocycles. The topological polar surface area (TPSA) is 84.2 Å². The Bertz CT molecular complexity index is 836. The number of nitrogens with zero attached hydrogens (tertiary/aromatic N) is 1. The van der Waals surface area contributed by atoms with Gasteiger partial charge >= 0.3 is 0 Å². The highest BCUT2D eigenvalue weighted by Crippen LogP contribution is 2.45. The molecule has 2 fully saturated rings. The summed E-state index contributed by atoms with van der Waals surface area (Å²) in [6.45, 7) is 0.528. The molecule has 5 rings (SSSR count). The molecule has 27 heavy (non-hydrogen) atoms. The number of nitrogens with one attached hydrogen (secondary N) is 1. The highest BCUT2D eigenvalue weighted by Gasteiger charge is 2.49. The van der Waals surface area contributed by atoms with Gasteiger partial charge in [-0.05, 0) is 49.9 Å². The minimum Gasteiger partial charge on any atom is -0.466 e. The van der Waals surface area contributed by atoms with Gasteiger partial charge in [-0.25, -0.2) is 0 Å². The third-order valence-corrected chi connectivity index (χ3v) is 5.88. The minimum atomic E-state index is -0.931. The lowest BCUT2D eigenvalue weighted by Crippen LogP contribution is -2.51.